The quantitative estimate of drug-likeness (QED) is 0.625. The maximum Gasteiger partial charge on any atom is 0.337 e. The fraction of sp³-hybridized carbons (Fsp3) is 0.360. The summed E-state index contributed by atoms with van der Waals surface area (Å²) in [5.74, 6) is -0.434. The highest BCUT2D eigenvalue weighted by Crippen LogP contribution is 2.26. The molecule has 1 aromatic heterocycles. The van der Waals surface area contributed by atoms with Gasteiger partial charge in [0.15, 0.2) is 0 Å². The van der Waals surface area contributed by atoms with E-state index >= 15 is 0 Å². The Morgan fingerprint density at radius 1 is 1.10 bits per heavy atom. The SMILES string of the molecule is COCCn1cc(C(=O)O)c2cc(C(=O)N3CCC(Cc4ccccc4)CC3)ccc21. The number of fused-ring (bicyclic) bond motifs is 1. The molecule has 3 aromatic rings. The normalized spacial score (nSPS) is 14.8. The summed E-state index contributed by atoms with van der Waals surface area (Å²) in [5.41, 5.74) is 2.90. The molecule has 0 unspecified atom stereocenters. The van der Waals surface area contributed by atoms with Crippen LogP contribution in [0.4, 0.5) is 0 Å². The average Bonchev–Trinajstić information content (AvgIpc) is 3.16. The van der Waals surface area contributed by atoms with Crippen molar-refractivity contribution in [2.24, 2.45) is 5.92 Å². The molecular weight excluding hydrogens is 392 g/mol. The van der Waals surface area contributed by atoms with E-state index < -0.39 is 5.97 Å². The predicted octanol–water partition coefficient (Wildman–Crippen LogP) is 4.08. The van der Waals surface area contributed by atoms with Crippen LogP contribution >= 0.6 is 0 Å². The topological polar surface area (TPSA) is 71.8 Å². The third-order valence-electron chi connectivity index (χ3n) is 6.16. The van der Waals surface area contributed by atoms with E-state index in [1.807, 2.05) is 21.6 Å². The number of likely N-dealkylation sites (tertiary alicyclic amines) is 1. The minimum absolute atomic E-state index is 0.0268. The van der Waals surface area contributed by atoms with E-state index in [0.29, 0.717) is 30.0 Å². The van der Waals surface area contributed by atoms with Crippen LogP contribution in [0.5, 0.6) is 0 Å². The molecule has 1 amide bonds. The van der Waals surface area contributed by atoms with Gasteiger partial charge in [-0.05, 0) is 48.9 Å². The van der Waals surface area contributed by atoms with Crippen LogP contribution in [0.2, 0.25) is 0 Å². The van der Waals surface area contributed by atoms with Crippen molar-refractivity contribution < 1.29 is 19.4 Å². The largest absolute Gasteiger partial charge is 0.478 e. The Morgan fingerprint density at radius 2 is 1.84 bits per heavy atom. The lowest BCUT2D eigenvalue weighted by Crippen LogP contribution is -2.38. The number of methoxy groups -OCH3 is 1. The van der Waals surface area contributed by atoms with Crippen LogP contribution in [0.15, 0.2) is 54.7 Å². The van der Waals surface area contributed by atoms with Crippen LogP contribution in [0.3, 0.4) is 0 Å². The fourth-order valence-electron chi connectivity index (χ4n) is 4.45. The zero-order valence-corrected chi connectivity index (χ0v) is 17.8. The summed E-state index contributed by atoms with van der Waals surface area (Å²) in [6.07, 6.45) is 4.63. The number of aromatic nitrogens is 1. The van der Waals surface area contributed by atoms with Crippen molar-refractivity contribution >= 4 is 22.8 Å². The highest BCUT2D eigenvalue weighted by atomic mass is 16.5. The van der Waals surface area contributed by atoms with Crippen molar-refractivity contribution in [2.75, 3.05) is 26.8 Å². The van der Waals surface area contributed by atoms with Crippen molar-refractivity contribution in [1.82, 2.24) is 9.47 Å². The molecule has 1 fully saturated rings. The molecule has 0 saturated carbocycles. The lowest BCUT2D eigenvalue weighted by molar-refractivity contribution is 0.0683. The van der Waals surface area contributed by atoms with Gasteiger partial charge in [0.25, 0.3) is 5.91 Å². The van der Waals surface area contributed by atoms with Crippen LogP contribution in [-0.2, 0) is 17.7 Å². The first-order chi connectivity index (χ1) is 15.1. The molecule has 162 valence electrons. The second-order valence-corrected chi connectivity index (χ2v) is 8.19. The molecule has 1 saturated heterocycles. The Bertz CT molecular complexity index is 1070. The number of piperidine rings is 1. The summed E-state index contributed by atoms with van der Waals surface area (Å²) < 4.78 is 6.99. The van der Waals surface area contributed by atoms with Crippen molar-refractivity contribution in [3.8, 4) is 0 Å². The molecule has 1 N–H and O–H groups in total. The molecule has 31 heavy (non-hydrogen) atoms. The smallest absolute Gasteiger partial charge is 0.337 e. The summed E-state index contributed by atoms with van der Waals surface area (Å²) in [5, 5.41) is 10.2. The van der Waals surface area contributed by atoms with Crippen LogP contribution in [0.1, 0.15) is 39.1 Å². The Labute approximate surface area is 182 Å². The van der Waals surface area contributed by atoms with Crippen molar-refractivity contribution in [3.05, 3.63) is 71.4 Å². The number of hydrogen-bond acceptors (Lipinski definition) is 3. The summed E-state index contributed by atoms with van der Waals surface area (Å²) in [6.45, 7) is 2.51. The lowest BCUT2D eigenvalue weighted by Gasteiger charge is -2.32. The summed E-state index contributed by atoms with van der Waals surface area (Å²) >= 11 is 0. The molecule has 2 aromatic carbocycles. The molecule has 4 rings (SSSR count). The van der Waals surface area contributed by atoms with E-state index in [9.17, 15) is 14.7 Å². The molecule has 1 aliphatic heterocycles. The highest BCUT2D eigenvalue weighted by Gasteiger charge is 2.25. The first-order valence-corrected chi connectivity index (χ1v) is 10.7. The summed E-state index contributed by atoms with van der Waals surface area (Å²) in [4.78, 5) is 26.7. The molecular formula is C25H28N2O4. The van der Waals surface area contributed by atoms with Gasteiger partial charge in [-0.25, -0.2) is 4.79 Å². The van der Waals surface area contributed by atoms with Gasteiger partial charge in [-0.2, -0.15) is 0 Å². The van der Waals surface area contributed by atoms with Crippen LogP contribution in [-0.4, -0.2) is 53.3 Å². The number of hydrogen-bond donors (Lipinski definition) is 1. The first-order valence-electron chi connectivity index (χ1n) is 10.7. The maximum atomic E-state index is 13.1. The van der Waals surface area contributed by atoms with Gasteiger partial charge in [-0.1, -0.05) is 30.3 Å². The predicted molar refractivity (Wildman–Crippen MR) is 120 cm³/mol. The summed E-state index contributed by atoms with van der Waals surface area (Å²) in [7, 11) is 1.61. The van der Waals surface area contributed by atoms with E-state index in [-0.39, 0.29) is 11.5 Å². The van der Waals surface area contributed by atoms with Gasteiger partial charge >= 0.3 is 5.97 Å². The van der Waals surface area contributed by atoms with Gasteiger partial charge in [0, 0.05) is 49.4 Å². The minimum atomic E-state index is -0.993. The number of rotatable bonds is 7. The number of carbonyl (C=O) groups excluding carboxylic acids is 1. The maximum absolute atomic E-state index is 13.1. The van der Waals surface area contributed by atoms with Crippen molar-refractivity contribution in [2.45, 2.75) is 25.8 Å². The number of amides is 1. The third kappa shape index (κ3) is 4.64. The van der Waals surface area contributed by atoms with Gasteiger partial charge in [0.2, 0.25) is 0 Å². The Hall–Kier alpha value is -3.12. The van der Waals surface area contributed by atoms with Gasteiger partial charge in [0.1, 0.15) is 0 Å². The Balaban J connectivity index is 1.48. The number of benzene rings is 2. The molecule has 6 nitrogen and oxygen atoms in total. The van der Waals surface area contributed by atoms with Crippen LogP contribution < -0.4 is 0 Å². The monoisotopic (exact) mass is 420 g/mol. The van der Waals surface area contributed by atoms with Crippen molar-refractivity contribution in [1.29, 1.82) is 0 Å². The number of carboxylic acids is 1. The van der Waals surface area contributed by atoms with Crippen LogP contribution in [0, 0.1) is 5.92 Å². The highest BCUT2D eigenvalue weighted by molar-refractivity contribution is 6.06. The van der Waals surface area contributed by atoms with E-state index in [1.54, 1.807) is 25.4 Å². The second kappa shape index (κ2) is 9.35. The third-order valence-corrected chi connectivity index (χ3v) is 6.16. The first kappa shape index (κ1) is 21.1. The van der Waals surface area contributed by atoms with E-state index in [1.165, 1.54) is 5.56 Å². The minimum Gasteiger partial charge on any atom is -0.478 e. The summed E-state index contributed by atoms with van der Waals surface area (Å²) in [6, 6.07) is 15.8. The second-order valence-electron chi connectivity index (χ2n) is 8.19. The molecule has 0 spiro atoms. The zero-order valence-electron chi connectivity index (χ0n) is 17.8. The number of carboxylic acid groups (broad SMARTS) is 1. The Morgan fingerprint density at radius 3 is 2.52 bits per heavy atom. The van der Waals surface area contributed by atoms with E-state index in [0.717, 1.165) is 37.9 Å². The van der Waals surface area contributed by atoms with Gasteiger partial charge < -0.3 is 19.3 Å². The Kier molecular flexibility index (Phi) is 6.37. The average molecular weight is 421 g/mol. The zero-order chi connectivity index (χ0) is 21.8. The molecule has 0 bridgehead atoms. The van der Waals surface area contributed by atoms with Crippen LogP contribution in [0.25, 0.3) is 10.9 Å². The standard InChI is InChI=1S/C25H28N2O4/c1-31-14-13-27-17-22(25(29)30)21-16-20(7-8-23(21)27)24(28)26-11-9-19(10-12-26)15-18-5-3-2-4-6-18/h2-8,16-17,19H,9-15H2,1H3,(H,29,30). The number of aromatic carboxylic acids is 1. The van der Waals surface area contributed by atoms with Gasteiger partial charge in [-0.3, -0.25) is 4.79 Å². The van der Waals surface area contributed by atoms with E-state index in [4.69, 9.17) is 4.74 Å². The number of nitrogens with zero attached hydrogens (tertiary/aromatic N) is 2. The van der Waals surface area contributed by atoms with Crippen molar-refractivity contribution in [3.63, 3.8) is 0 Å². The number of carbonyl (C=O) groups is 2. The molecule has 6 heteroatoms. The fourth-order valence-corrected chi connectivity index (χ4v) is 4.45. The van der Waals surface area contributed by atoms with Gasteiger partial charge in [0.05, 0.1) is 12.2 Å². The van der Waals surface area contributed by atoms with Gasteiger partial charge in [-0.15, -0.1) is 0 Å². The molecule has 2 heterocycles. The lowest BCUT2D eigenvalue weighted by atomic mass is 9.90. The number of ether oxygens (including phenoxy) is 1. The molecule has 0 radical (unpaired) electrons. The molecule has 0 aliphatic carbocycles. The molecule has 1 aliphatic rings. The molecule has 0 atom stereocenters. The van der Waals surface area contributed by atoms with E-state index in [2.05, 4.69) is 24.3 Å².